The maximum absolute atomic E-state index is 11.5. The minimum atomic E-state index is -1.01. The van der Waals surface area contributed by atoms with Crippen molar-refractivity contribution in [2.75, 3.05) is 13.7 Å². The number of rotatable bonds is 9. The first-order valence-corrected chi connectivity index (χ1v) is 5.80. The fourth-order valence-electron chi connectivity index (χ4n) is 1.39. The molecule has 17 heavy (non-hydrogen) atoms. The van der Waals surface area contributed by atoms with Crippen molar-refractivity contribution in [3.8, 4) is 0 Å². The van der Waals surface area contributed by atoms with Gasteiger partial charge in [0.05, 0.1) is 12.5 Å². The molecule has 0 rings (SSSR count). The maximum Gasteiger partial charge on any atom is 0.326 e. The summed E-state index contributed by atoms with van der Waals surface area (Å²) in [4.78, 5) is 22.4. The van der Waals surface area contributed by atoms with E-state index in [2.05, 4.69) is 5.32 Å². The number of hydrogen-bond donors (Lipinski definition) is 3. The maximum atomic E-state index is 11.5. The molecule has 0 spiro atoms. The fourth-order valence-corrected chi connectivity index (χ4v) is 1.39. The molecule has 100 valence electrons. The largest absolute Gasteiger partial charge is 0.480 e. The van der Waals surface area contributed by atoms with Gasteiger partial charge in [0.25, 0.3) is 0 Å². The summed E-state index contributed by atoms with van der Waals surface area (Å²) in [5.74, 6) is -1.35. The van der Waals surface area contributed by atoms with Crippen LogP contribution in [-0.4, -0.2) is 42.8 Å². The predicted octanol–water partition coefficient (Wildman–Crippen LogP) is 0.110. The van der Waals surface area contributed by atoms with Gasteiger partial charge in [-0.15, -0.1) is 0 Å². The molecule has 0 aromatic rings. The summed E-state index contributed by atoms with van der Waals surface area (Å²) in [5, 5.41) is 11.4. The van der Waals surface area contributed by atoms with Crippen molar-refractivity contribution in [2.45, 2.75) is 44.8 Å². The van der Waals surface area contributed by atoms with Crippen molar-refractivity contribution in [3.05, 3.63) is 0 Å². The molecule has 0 heterocycles. The molecule has 0 saturated heterocycles. The number of carboxylic acids is 1. The summed E-state index contributed by atoms with van der Waals surface area (Å²) in [6.45, 7) is 2.20. The number of amides is 1. The van der Waals surface area contributed by atoms with E-state index in [0.29, 0.717) is 6.42 Å². The molecule has 0 saturated carbocycles. The summed E-state index contributed by atoms with van der Waals surface area (Å²) in [5.41, 5.74) is 5.38. The quantitative estimate of drug-likeness (QED) is 0.536. The average molecular weight is 246 g/mol. The zero-order valence-corrected chi connectivity index (χ0v) is 10.4. The third kappa shape index (κ3) is 6.91. The summed E-state index contributed by atoms with van der Waals surface area (Å²) < 4.78 is 4.96. The smallest absolute Gasteiger partial charge is 0.326 e. The molecule has 0 aliphatic carbocycles. The van der Waals surface area contributed by atoms with Gasteiger partial charge in [-0.1, -0.05) is 19.8 Å². The Morgan fingerprint density at radius 1 is 1.47 bits per heavy atom. The minimum absolute atomic E-state index is 0.0862. The molecule has 0 aliphatic heterocycles. The van der Waals surface area contributed by atoms with E-state index in [-0.39, 0.29) is 25.0 Å². The highest BCUT2D eigenvalue weighted by Crippen LogP contribution is 2.02. The highest BCUT2D eigenvalue weighted by molar-refractivity contribution is 5.83. The number of unbranched alkanes of at least 4 members (excludes halogenated alkanes) is 1. The van der Waals surface area contributed by atoms with E-state index in [0.717, 1.165) is 12.8 Å². The van der Waals surface area contributed by atoms with E-state index in [1.807, 2.05) is 6.92 Å². The second-order valence-corrected chi connectivity index (χ2v) is 3.90. The number of ether oxygens (including phenoxy) is 1. The monoisotopic (exact) mass is 246 g/mol. The summed E-state index contributed by atoms with van der Waals surface area (Å²) in [7, 11) is 1.47. The van der Waals surface area contributed by atoms with Gasteiger partial charge in [0.2, 0.25) is 5.91 Å². The summed E-state index contributed by atoms with van der Waals surface area (Å²) in [6, 6.07) is -0.822. The van der Waals surface area contributed by atoms with E-state index in [1.165, 1.54) is 7.11 Å². The Kier molecular flexibility index (Phi) is 8.35. The van der Waals surface area contributed by atoms with Gasteiger partial charge in [0.1, 0.15) is 6.04 Å². The van der Waals surface area contributed by atoms with Crippen LogP contribution in [0.3, 0.4) is 0 Å². The average Bonchev–Trinajstić information content (AvgIpc) is 2.30. The van der Waals surface area contributed by atoms with Crippen LogP contribution in [0.15, 0.2) is 0 Å². The number of hydrogen-bond acceptors (Lipinski definition) is 4. The van der Waals surface area contributed by atoms with E-state index in [1.54, 1.807) is 0 Å². The number of nitrogens with two attached hydrogens (primary N) is 1. The Balaban J connectivity index is 4.15. The first kappa shape index (κ1) is 15.9. The lowest BCUT2D eigenvalue weighted by atomic mass is 10.1. The Morgan fingerprint density at radius 3 is 2.53 bits per heavy atom. The highest BCUT2D eigenvalue weighted by Gasteiger charge is 2.20. The van der Waals surface area contributed by atoms with Crippen molar-refractivity contribution in [2.24, 2.45) is 5.73 Å². The van der Waals surface area contributed by atoms with Crippen molar-refractivity contribution in [1.29, 1.82) is 0 Å². The lowest BCUT2D eigenvalue weighted by Gasteiger charge is -2.16. The Labute approximate surface area is 102 Å². The van der Waals surface area contributed by atoms with Gasteiger partial charge in [-0.2, -0.15) is 0 Å². The topological polar surface area (TPSA) is 102 Å². The van der Waals surface area contributed by atoms with E-state index >= 15 is 0 Å². The van der Waals surface area contributed by atoms with Crippen molar-refractivity contribution >= 4 is 11.9 Å². The number of carbonyl (C=O) groups excluding carboxylic acids is 1. The van der Waals surface area contributed by atoms with Crippen LogP contribution in [-0.2, 0) is 14.3 Å². The minimum Gasteiger partial charge on any atom is -0.480 e. The zero-order valence-electron chi connectivity index (χ0n) is 10.4. The third-order valence-electron chi connectivity index (χ3n) is 2.49. The fraction of sp³-hybridized carbons (Fsp3) is 0.818. The van der Waals surface area contributed by atoms with Crippen LogP contribution >= 0.6 is 0 Å². The van der Waals surface area contributed by atoms with Gasteiger partial charge in [-0.3, -0.25) is 4.79 Å². The van der Waals surface area contributed by atoms with Gasteiger partial charge in [0, 0.05) is 13.7 Å². The second kappa shape index (κ2) is 8.95. The molecule has 0 fully saturated rings. The van der Waals surface area contributed by atoms with Gasteiger partial charge in [-0.25, -0.2) is 4.79 Å². The highest BCUT2D eigenvalue weighted by atomic mass is 16.5. The van der Waals surface area contributed by atoms with E-state index < -0.39 is 12.0 Å². The molecule has 0 bridgehead atoms. The van der Waals surface area contributed by atoms with Gasteiger partial charge in [0.15, 0.2) is 0 Å². The van der Waals surface area contributed by atoms with Crippen molar-refractivity contribution < 1.29 is 19.4 Å². The van der Waals surface area contributed by atoms with Crippen LogP contribution in [0.25, 0.3) is 0 Å². The molecule has 6 nitrogen and oxygen atoms in total. The molecule has 0 aliphatic rings. The summed E-state index contributed by atoms with van der Waals surface area (Å²) in [6.07, 6.45) is 1.82. The first-order valence-electron chi connectivity index (χ1n) is 5.80. The van der Waals surface area contributed by atoms with Crippen molar-refractivity contribution in [1.82, 2.24) is 5.32 Å². The molecule has 1 unspecified atom stereocenters. The number of nitrogens with one attached hydrogen (secondary N) is 1. The molecular formula is C11H22N2O4. The van der Waals surface area contributed by atoms with Gasteiger partial charge < -0.3 is 20.9 Å². The molecule has 2 atom stereocenters. The lowest BCUT2D eigenvalue weighted by Crippen LogP contribution is -2.42. The third-order valence-corrected chi connectivity index (χ3v) is 2.49. The van der Waals surface area contributed by atoms with E-state index in [4.69, 9.17) is 15.6 Å². The Bertz CT molecular complexity index is 242. The SMILES string of the molecule is CCCC[C@H](NC(=O)CC(CN)OC)C(=O)O. The van der Waals surface area contributed by atoms with Crippen LogP contribution in [0, 0.1) is 0 Å². The second-order valence-electron chi connectivity index (χ2n) is 3.90. The van der Waals surface area contributed by atoms with Crippen molar-refractivity contribution in [3.63, 3.8) is 0 Å². The molecule has 1 amide bonds. The molecule has 0 aromatic heterocycles. The van der Waals surface area contributed by atoms with Gasteiger partial charge in [-0.05, 0) is 6.42 Å². The molecular weight excluding hydrogens is 224 g/mol. The summed E-state index contributed by atoms with van der Waals surface area (Å²) >= 11 is 0. The van der Waals surface area contributed by atoms with Crippen LogP contribution in [0.5, 0.6) is 0 Å². The van der Waals surface area contributed by atoms with Crippen LogP contribution in [0.2, 0.25) is 0 Å². The predicted molar refractivity (Wildman–Crippen MR) is 63.6 cm³/mol. The number of carboxylic acid groups (broad SMARTS) is 1. The van der Waals surface area contributed by atoms with Crippen LogP contribution < -0.4 is 11.1 Å². The zero-order chi connectivity index (χ0) is 13.3. The number of methoxy groups -OCH3 is 1. The lowest BCUT2D eigenvalue weighted by molar-refractivity contribution is -0.142. The standard InChI is InChI=1S/C11H22N2O4/c1-3-4-5-9(11(15)16)13-10(14)6-8(7-12)17-2/h8-9H,3-7,12H2,1-2H3,(H,13,14)(H,15,16)/t8?,9-/m0/s1. The first-order chi connectivity index (χ1) is 8.04. The molecule has 4 N–H and O–H groups in total. The Hall–Kier alpha value is -1.14. The van der Waals surface area contributed by atoms with Crippen LogP contribution in [0.1, 0.15) is 32.6 Å². The Morgan fingerprint density at radius 2 is 2.12 bits per heavy atom. The number of carbonyl (C=O) groups is 2. The molecule has 0 aromatic carbocycles. The molecule has 0 radical (unpaired) electrons. The van der Waals surface area contributed by atoms with Gasteiger partial charge >= 0.3 is 5.97 Å². The van der Waals surface area contributed by atoms with E-state index in [9.17, 15) is 9.59 Å². The molecule has 6 heteroatoms. The normalized spacial score (nSPS) is 14.1. The number of aliphatic carboxylic acids is 1. The van der Waals surface area contributed by atoms with Crippen LogP contribution in [0.4, 0.5) is 0 Å².